The average molecular weight is 215 g/mol. The highest BCUT2D eigenvalue weighted by Gasteiger charge is 2.29. The lowest BCUT2D eigenvalue weighted by Gasteiger charge is -2.35. The van der Waals surface area contributed by atoms with Crippen LogP contribution < -0.4 is 11.3 Å². The summed E-state index contributed by atoms with van der Waals surface area (Å²) in [7, 11) is 2.00. The highest BCUT2D eigenvalue weighted by atomic mass is 16.2. The van der Waals surface area contributed by atoms with E-state index in [1.807, 2.05) is 20.9 Å². The van der Waals surface area contributed by atoms with Gasteiger partial charge in [0.2, 0.25) is 0 Å². The number of nitrogens with two attached hydrogens (primary N) is 1. The van der Waals surface area contributed by atoms with Gasteiger partial charge < -0.3 is 0 Å². The molecule has 0 aliphatic heterocycles. The number of carbonyl (C=O) groups is 1. The summed E-state index contributed by atoms with van der Waals surface area (Å²) in [5.41, 5.74) is 2.25. The van der Waals surface area contributed by atoms with Crippen LogP contribution >= 0.6 is 0 Å². The summed E-state index contributed by atoms with van der Waals surface area (Å²) >= 11 is 0. The maximum atomic E-state index is 11.7. The van der Waals surface area contributed by atoms with Crippen LogP contribution in [0, 0.1) is 5.92 Å². The molecule has 0 aromatic heterocycles. The average Bonchev–Trinajstić information content (AvgIpc) is 2.19. The quantitative estimate of drug-likeness (QED) is 0.396. The van der Waals surface area contributed by atoms with Gasteiger partial charge in [-0.25, -0.2) is 5.84 Å². The van der Waals surface area contributed by atoms with E-state index in [9.17, 15) is 4.79 Å². The zero-order valence-electron chi connectivity index (χ0n) is 10.6. The zero-order valence-corrected chi connectivity index (χ0v) is 10.6. The standard InChI is InChI=1S/C11H25N3O/c1-6-9(7-2)14(5)10(8(3)4)11(15)13-12/h8-10H,6-7,12H2,1-5H3,(H,13,15). The van der Waals surface area contributed by atoms with Crippen molar-refractivity contribution in [1.29, 1.82) is 0 Å². The molecule has 0 aliphatic carbocycles. The summed E-state index contributed by atoms with van der Waals surface area (Å²) in [4.78, 5) is 13.8. The molecule has 4 heteroatoms. The molecule has 0 saturated heterocycles. The fourth-order valence-corrected chi connectivity index (χ4v) is 2.14. The normalized spacial score (nSPS) is 13.7. The largest absolute Gasteiger partial charge is 0.293 e. The second kappa shape index (κ2) is 6.80. The number of nitrogens with one attached hydrogen (secondary N) is 1. The molecule has 0 spiro atoms. The highest BCUT2D eigenvalue weighted by Crippen LogP contribution is 2.16. The van der Waals surface area contributed by atoms with Crippen LogP contribution in [0.25, 0.3) is 0 Å². The first-order chi connectivity index (χ1) is 6.99. The number of carbonyl (C=O) groups excluding carboxylic acids is 1. The Hall–Kier alpha value is -0.610. The van der Waals surface area contributed by atoms with Crippen LogP contribution in [0.1, 0.15) is 40.5 Å². The summed E-state index contributed by atoms with van der Waals surface area (Å²) in [6, 6.07) is 0.301. The molecular formula is C11H25N3O. The molecule has 1 unspecified atom stereocenters. The van der Waals surface area contributed by atoms with E-state index < -0.39 is 0 Å². The third kappa shape index (κ3) is 3.80. The van der Waals surface area contributed by atoms with E-state index >= 15 is 0 Å². The highest BCUT2D eigenvalue weighted by molar-refractivity contribution is 5.81. The lowest BCUT2D eigenvalue weighted by atomic mass is 9.99. The molecule has 1 atom stereocenters. The Morgan fingerprint density at radius 3 is 2.07 bits per heavy atom. The van der Waals surface area contributed by atoms with E-state index in [4.69, 9.17) is 5.84 Å². The number of nitrogens with zero attached hydrogens (tertiary/aromatic N) is 1. The Labute approximate surface area is 93.2 Å². The van der Waals surface area contributed by atoms with Crippen molar-refractivity contribution in [1.82, 2.24) is 10.3 Å². The molecule has 4 nitrogen and oxygen atoms in total. The first kappa shape index (κ1) is 14.4. The molecule has 0 rings (SSSR count). The Morgan fingerprint density at radius 1 is 1.33 bits per heavy atom. The van der Waals surface area contributed by atoms with Crippen molar-refractivity contribution in [3.63, 3.8) is 0 Å². The molecule has 0 radical (unpaired) electrons. The number of likely N-dealkylation sites (N-methyl/N-ethyl adjacent to an activating group) is 1. The Morgan fingerprint density at radius 2 is 1.80 bits per heavy atom. The number of hydrazine groups is 1. The molecule has 1 amide bonds. The maximum absolute atomic E-state index is 11.7. The van der Waals surface area contributed by atoms with Crippen molar-refractivity contribution in [2.45, 2.75) is 52.6 Å². The summed E-state index contributed by atoms with van der Waals surface area (Å²) in [5.74, 6) is 5.37. The zero-order chi connectivity index (χ0) is 12.0. The molecule has 90 valence electrons. The van der Waals surface area contributed by atoms with Gasteiger partial charge >= 0.3 is 0 Å². The van der Waals surface area contributed by atoms with Crippen LogP contribution in [-0.4, -0.2) is 29.9 Å². The molecule has 0 bridgehead atoms. The Bertz CT molecular complexity index is 190. The lowest BCUT2D eigenvalue weighted by molar-refractivity contribution is -0.128. The Balaban J connectivity index is 4.68. The van der Waals surface area contributed by atoms with Gasteiger partial charge in [0, 0.05) is 6.04 Å². The number of hydrogen-bond donors (Lipinski definition) is 2. The summed E-state index contributed by atoms with van der Waals surface area (Å²) in [5, 5.41) is 0. The van der Waals surface area contributed by atoms with E-state index in [1.165, 1.54) is 0 Å². The van der Waals surface area contributed by atoms with Crippen LogP contribution in [0.2, 0.25) is 0 Å². The molecule has 0 aromatic rings. The number of rotatable bonds is 6. The SMILES string of the molecule is CCC(CC)N(C)C(C(=O)NN)C(C)C. The van der Waals surface area contributed by atoms with Gasteiger partial charge in [-0.2, -0.15) is 0 Å². The summed E-state index contributed by atoms with van der Waals surface area (Å²) in [6.45, 7) is 8.36. The van der Waals surface area contributed by atoms with Crippen molar-refractivity contribution in [3.8, 4) is 0 Å². The van der Waals surface area contributed by atoms with Gasteiger partial charge in [0.25, 0.3) is 5.91 Å². The van der Waals surface area contributed by atoms with Gasteiger partial charge in [0.05, 0.1) is 6.04 Å². The van der Waals surface area contributed by atoms with E-state index in [1.54, 1.807) is 0 Å². The van der Waals surface area contributed by atoms with Crippen LogP contribution in [0.5, 0.6) is 0 Å². The van der Waals surface area contributed by atoms with E-state index in [-0.39, 0.29) is 17.9 Å². The van der Waals surface area contributed by atoms with E-state index in [2.05, 4.69) is 24.2 Å². The van der Waals surface area contributed by atoms with E-state index in [0.717, 1.165) is 12.8 Å². The Kier molecular flexibility index (Phi) is 6.52. The lowest BCUT2D eigenvalue weighted by Crippen LogP contribution is -2.53. The molecular weight excluding hydrogens is 190 g/mol. The third-order valence-corrected chi connectivity index (χ3v) is 3.00. The van der Waals surface area contributed by atoms with Crippen molar-refractivity contribution >= 4 is 5.91 Å². The first-order valence-corrected chi connectivity index (χ1v) is 5.71. The minimum atomic E-state index is -0.139. The maximum Gasteiger partial charge on any atom is 0.251 e. The third-order valence-electron chi connectivity index (χ3n) is 3.00. The fraction of sp³-hybridized carbons (Fsp3) is 0.909. The van der Waals surface area contributed by atoms with Gasteiger partial charge in [-0.3, -0.25) is 15.1 Å². The molecule has 0 fully saturated rings. The van der Waals surface area contributed by atoms with Gasteiger partial charge in [0.1, 0.15) is 0 Å². The van der Waals surface area contributed by atoms with Gasteiger partial charge in [-0.05, 0) is 25.8 Å². The molecule has 3 N–H and O–H groups in total. The summed E-state index contributed by atoms with van der Waals surface area (Å²) < 4.78 is 0. The smallest absolute Gasteiger partial charge is 0.251 e. The van der Waals surface area contributed by atoms with Crippen molar-refractivity contribution in [2.75, 3.05) is 7.05 Å². The van der Waals surface area contributed by atoms with Crippen LogP contribution in [0.15, 0.2) is 0 Å². The minimum absolute atomic E-state index is 0.0978. The second-order valence-electron chi connectivity index (χ2n) is 4.33. The van der Waals surface area contributed by atoms with Crippen LogP contribution in [0.4, 0.5) is 0 Å². The molecule has 0 aromatic carbocycles. The van der Waals surface area contributed by atoms with E-state index in [0.29, 0.717) is 6.04 Å². The fourth-order valence-electron chi connectivity index (χ4n) is 2.14. The monoisotopic (exact) mass is 215 g/mol. The van der Waals surface area contributed by atoms with Crippen molar-refractivity contribution < 1.29 is 4.79 Å². The molecule has 15 heavy (non-hydrogen) atoms. The number of hydrogen-bond acceptors (Lipinski definition) is 3. The van der Waals surface area contributed by atoms with Crippen LogP contribution in [-0.2, 0) is 4.79 Å². The van der Waals surface area contributed by atoms with Gasteiger partial charge in [0.15, 0.2) is 0 Å². The second-order valence-corrected chi connectivity index (χ2v) is 4.33. The minimum Gasteiger partial charge on any atom is -0.293 e. The molecule has 0 saturated carbocycles. The molecule has 0 aliphatic rings. The van der Waals surface area contributed by atoms with Gasteiger partial charge in [-0.15, -0.1) is 0 Å². The number of amides is 1. The molecule has 0 heterocycles. The first-order valence-electron chi connectivity index (χ1n) is 5.71. The predicted molar refractivity (Wildman–Crippen MR) is 63.1 cm³/mol. The predicted octanol–water partition coefficient (Wildman–Crippen LogP) is 1.12. The topological polar surface area (TPSA) is 58.4 Å². The summed E-state index contributed by atoms with van der Waals surface area (Å²) in [6.07, 6.45) is 2.10. The van der Waals surface area contributed by atoms with Gasteiger partial charge in [-0.1, -0.05) is 27.7 Å². The van der Waals surface area contributed by atoms with Crippen molar-refractivity contribution in [3.05, 3.63) is 0 Å². The van der Waals surface area contributed by atoms with Crippen LogP contribution in [0.3, 0.4) is 0 Å². The van der Waals surface area contributed by atoms with Crippen molar-refractivity contribution in [2.24, 2.45) is 11.8 Å².